The first-order valence-corrected chi connectivity index (χ1v) is 9.47. The summed E-state index contributed by atoms with van der Waals surface area (Å²) in [6, 6.07) is 6.70. The molecule has 0 aliphatic carbocycles. The first-order chi connectivity index (χ1) is 12.4. The summed E-state index contributed by atoms with van der Waals surface area (Å²) in [4.78, 5) is 12.5. The molecular formula is C16H13Cl3N4O2S. The van der Waals surface area contributed by atoms with Crippen LogP contribution >= 0.6 is 46.6 Å². The number of aromatic nitrogens is 3. The second-order valence-electron chi connectivity index (χ2n) is 5.31. The number of carbonyl (C=O) groups excluding carboxylic acids is 1. The molecule has 1 aromatic carbocycles. The molecule has 2 heterocycles. The lowest BCUT2D eigenvalue weighted by molar-refractivity contribution is -0.115. The molecule has 0 saturated carbocycles. The maximum absolute atomic E-state index is 12.5. The smallest absolute Gasteiger partial charge is 0.237 e. The molecule has 6 nitrogen and oxygen atoms in total. The van der Waals surface area contributed by atoms with Crippen LogP contribution in [-0.2, 0) is 11.3 Å². The van der Waals surface area contributed by atoms with Gasteiger partial charge in [-0.2, -0.15) is 0 Å². The standard InChI is InChI=1S/C16H13Cl3N4O2S/c1-9(15(24)21-14-12(18)5-10(17)6-13(14)19)26-16-22-20-8-23(16)7-11-3-2-4-25-11/h2-6,8-9H,7H2,1H3,(H,21,24). The van der Waals surface area contributed by atoms with Crippen molar-refractivity contribution < 1.29 is 9.21 Å². The molecule has 1 amide bonds. The number of hydrogen-bond donors (Lipinski definition) is 1. The van der Waals surface area contributed by atoms with Gasteiger partial charge in [0.25, 0.3) is 0 Å². The number of rotatable bonds is 6. The summed E-state index contributed by atoms with van der Waals surface area (Å²) < 4.78 is 7.13. The van der Waals surface area contributed by atoms with E-state index in [2.05, 4.69) is 15.5 Å². The number of nitrogens with zero attached hydrogens (tertiary/aromatic N) is 3. The van der Waals surface area contributed by atoms with Gasteiger partial charge in [-0.25, -0.2) is 0 Å². The molecule has 0 aliphatic rings. The van der Waals surface area contributed by atoms with E-state index in [0.29, 0.717) is 22.4 Å². The van der Waals surface area contributed by atoms with Crippen molar-refractivity contribution >= 4 is 58.2 Å². The van der Waals surface area contributed by atoms with Gasteiger partial charge in [-0.1, -0.05) is 46.6 Å². The Hall–Kier alpha value is -1.67. The highest BCUT2D eigenvalue weighted by Crippen LogP contribution is 2.34. The molecule has 3 aromatic rings. The fourth-order valence-electron chi connectivity index (χ4n) is 2.11. The van der Waals surface area contributed by atoms with E-state index in [1.165, 1.54) is 23.9 Å². The van der Waals surface area contributed by atoms with Gasteiger partial charge < -0.3 is 14.3 Å². The third-order valence-electron chi connectivity index (χ3n) is 3.39. The van der Waals surface area contributed by atoms with E-state index in [4.69, 9.17) is 39.2 Å². The summed E-state index contributed by atoms with van der Waals surface area (Å²) >= 11 is 19.4. The summed E-state index contributed by atoms with van der Waals surface area (Å²) in [6.07, 6.45) is 3.19. The van der Waals surface area contributed by atoms with Gasteiger partial charge in [0.1, 0.15) is 12.1 Å². The van der Waals surface area contributed by atoms with Crippen LogP contribution in [0, 0.1) is 0 Å². The van der Waals surface area contributed by atoms with Crippen molar-refractivity contribution in [2.75, 3.05) is 5.32 Å². The normalized spacial score (nSPS) is 12.2. The number of halogens is 3. The molecule has 2 aromatic heterocycles. The van der Waals surface area contributed by atoms with Crippen LogP contribution in [0.3, 0.4) is 0 Å². The molecule has 0 spiro atoms. The Morgan fingerprint density at radius 2 is 2.08 bits per heavy atom. The first-order valence-electron chi connectivity index (χ1n) is 7.46. The number of furan rings is 1. The van der Waals surface area contributed by atoms with Crippen LogP contribution in [0.25, 0.3) is 0 Å². The second-order valence-corrected chi connectivity index (χ2v) is 7.87. The van der Waals surface area contributed by atoms with Crippen molar-refractivity contribution in [1.29, 1.82) is 0 Å². The number of benzene rings is 1. The average molecular weight is 432 g/mol. The molecule has 3 rings (SSSR count). The number of hydrogen-bond acceptors (Lipinski definition) is 5. The van der Waals surface area contributed by atoms with Crippen molar-refractivity contribution in [2.45, 2.75) is 23.9 Å². The predicted molar refractivity (Wildman–Crippen MR) is 103 cm³/mol. The fourth-order valence-corrected chi connectivity index (χ4v) is 3.85. The van der Waals surface area contributed by atoms with Crippen molar-refractivity contribution in [1.82, 2.24) is 14.8 Å². The summed E-state index contributed by atoms with van der Waals surface area (Å²) in [5.74, 6) is 0.497. The van der Waals surface area contributed by atoms with Crippen LogP contribution in [0.1, 0.15) is 12.7 Å². The summed E-state index contributed by atoms with van der Waals surface area (Å²) in [7, 11) is 0. The van der Waals surface area contributed by atoms with Crippen LogP contribution in [0.5, 0.6) is 0 Å². The van der Waals surface area contributed by atoms with Gasteiger partial charge in [-0.05, 0) is 31.2 Å². The molecule has 1 N–H and O–H groups in total. The largest absolute Gasteiger partial charge is 0.467 e. The molecule has 0 radical (unpaired) electrons. The van der Waals surface area contributed by atoms with Crippen molar-refractivity contribution in [3.63, 3.8) is 0 Å². The van der Waals surface area contributed by atoms with Crippen molar-refractivity contribution in [3.8, 4) is 0 Å². The third kappa shape index (κ3) is 4.54. The van der Waals surface area contributed by atoms with Gasteiger partial charge >= 0.3 is 0 Å². The lowest BCUT2D eigenvalue weighted by Crippen LogP contribution is -2.23. The zero-order valence-corrected chi connectivity index (χ0v) is 16.5. The summed E-state index contributed by atoms with van der Waals surface area (Å²) in [5, 5.41) is 11.8. The molecule has 136 valence electrons. The minimum Gasteiger partial charge on any atom is -0.467 e. The number of carbonyl (C=O) groups is 1. The maximum atomic E-state index is 12.5. The van der Waals surface area contributed by atoms with Crippen molar-refractivity contribution in [2.24, 2.45) is 0 Å². The quantitative estimate of drug-likeness (QED) is 0.556. The molecular weight excluding hydrogens is 419 g/mol. The topological polar surface area (TPSA) is 73.0 Å². The Kier molecular flexibility index (Phi) is 6.13. The van der Waals surface area contributed by atoms with Gasteiger partial charge in [-0.15, -0.1) is 10.2 Å². The Morgan fingerprint density at radius 3 is 2.73 bits per heavy atom. The van der Waals surface area contributed by atoms with Gasteiger partial charge in [0.05, 0.1) is 33.8 Å². The van der Waals surface area contributed by atoms with Gasteiger partial charge in [0.15, 0.2) is 5.16 Å². The van der Waals surface area contributed by atoms with E-state index in [1.54, 1.807) is 24.1 Å². The molecule has 1 unspecified atom stereocenters. The summed E-state index contributed by atoms with van der Waals surface area (Å²) in [6.45, 7) is 2.23. The first kappa shape index (κ1) is 19.1. The number of anilines is 1. The van der Waals surface area contributed by atoms with E-state index in [-0.39, 0.29) is 16.0 Å². The summed E-state index contributed by atoms with van der Waals surface area (Å²) in [5.41, 5.74) is 0.326. The third-order valence-corrected chi connectivity index (χ3v) is 5.30. The van der Waals surface area contributed by atoms with Crippen LogP contribution in [0.2, 0.25) is 15.1 Å². The minimum absolute atomic E-state index is 0.270. The SMILES string of the molecule is CC(Sc1nncn1Cc1ccco1)C(=O)Nc1c(Cl)cc(Cl)cc1Cl. The molecule has 0 fully saturated rings. The van der Waals surface area contributed by atoms with Crippen molar-refractivity contribution in [3.05, 3.63) is 57.7 Å². The zero-order chi connectivity index (χ0) is 18.7. The van der Waals surface area contributed by atoms with Crippen LogP contribution in [0.15, 0.2) is 46.4 Å². The monoisotopic (exact) mass is 430 g/mol. The molecule has 0 aliphatic heterocycles. The molecule has 26 heavy (non-hydrogen) atoms. The Labute approximate surface area is 168 Å². The second kappa shape index (κ2) is 8.35. The van der Waals surface area contributed by atoms with E-state index in [1.807, 2.05) is 12.1 Å². The highest BCUT2D eigenvalue weighted by atomic mass is 35.5. The van der Waals surface area contributed by atoms with Crippen LogP contribution in [-0.4, -0.2) is 25.9 Å². The van der Waals surface area contributed by atoms with E-state index in [0.717, 1.165) is 5.76 Å². The average Bonchev–Trinajstić information content (AvgIpc) is 3.23. The van der Waals surface area contributed by atoms with E-state index < -0.39 is 5.25 Å². The number of amides is 1. The minimum atomic E-state index is -0.461. The Bertz CT molecular complexity index is 891. The van der Waals surface area contributed by atoms with E-state index in [9.17, 15) is 4.79 Å². The fraction of sp³-hybridized carbons (Fsp3) is 0.188. The number of thioether (sulfide) groups is 1. The predicted octanol–water partition coefficient (Wildman–Crippen LogP) is 5.00. The van der Waals surface area contributed by atoms with Crippen LogP contribution < -0.4 is 5.32 Å². The van der Waals surface area contributed by atoms with Gasteiger partial charge in [-0.3, -0.25) is 4.79 Å². The highest BCUT2D eigenvalue weighted by molar-refractivity contribution is 8.00. The van der Waals surface area contributed by atoms with Gasteiger partial charge in [0.2, 0.25) is 5.91 Å². The lowest BCUT2D eigenvalue weighted by atomic mass is 10.3. The molecule has 1 atom stereocenters. The van der Waals surface area contributed by atoms with Gasteiger partial charge in [0, 0.05) is 5.02 Å². The lowest BCUT2D eigenvalue weighted by Gasteiger charge is -2.14. The number of nitrogens with one attached hydrogen (secondary N) is 1. The molecule has 10 heteroatoms. The molecule has 0 saturated heterocycles. The maximum Gasteiger partial charge on any atom is 0.237 e. The Balaban J connectivity index is 1.68. The zero-order valence-electron chi connectivity index (χ0n) is 13.4. The molecule has 0 bridgehead atoms. The van der Waals surface area contributed by atoms with E-state index >= 15 is 0 Å². The Morgan fingerprint density at radius 1 is 1.35 bits per heavy atom. The van der Waals surface area contributed by atoms with Crippen LogP contribution in [0.4, 0.5) is 5.69 Å². The highest BCUT2D eigenvalue weighted by Gasteiger charge is 2.20.